The Hall–Kier alpha value is -6.86. The summed E-state index contributed by atoms with van der Waals surface area (Å²) in [4.78, 5) is 149. The molecule has 0 amide bonds. The van der Waals surface area contributed by atoms with E-state index in [4.69, 9.17) is 39.4 Å². The van der Waals surface area contributed by atoms with E-state index in [0.717, 1.165) is 44.3 Å². The van der Waals surface area contributed by atoms with E-state index in [1.807, 2.05) is 9.97 Å². The molecule has 88 heavy (non-hydrogen) atoms. The number of aliphatic carboxylic acids is 1. The van der Waals surface area contributed by atoms with E-state index in [1.165, 1.54) is 31.3 Å². The molecule has 21 atom stereocenters. The Balaban J connectivity index is 0.000000249. The van der Waals surface area contributed by atoms with Crippen molar-refractivity contribution in [3.63, 3.8) is 0 Å². The van der Waals surface area contributed by atoms with Gasteiger partial charge < -0.3 is 90.5 Å². The number of phosphoric acid groups is 2. The second kappa shape index (κ2) is 31.1. The molecule has 0 spiro atoms. The van der Waals surface area contributed by atoms with Crippen LogP contribution >= 0.6 is 15.6 Å². The molecule has 0 aromatic carbocycles. The summed E-state index contributed by atoms with van der Waals surface area (Å²) in [5, 5.41) is 98.6. The van der Waals surface area contributed by atoms with Crippen molar-refractivity contribution in [3.05, 3.63) is 134 Å². The van der Waals surface area contributed by atoms with Crippen LogP contribution in [0.1, 0.15) is 50.2 Å². The number of hydrogen-bond donors (Lipinski definition) is 17. The van der Waals surface area contributed by atoms with E-state index >= 15 is 0 Å². The van der Waals surface area contributed by atoms with E-state index in [-0.39, 0.29) is 18.3 Å². The molecule has 0 saturated carbocycles. The van der Waals surface area contributed by atoms with E-state index < -0.39 is 209 Å². The Morgan fingerprint density at radius 3 is 1.74 bits per heavy atom. The number of phosphoric ester groups is 2. The summed E-state index contributed by atoms with van der Waals surface area (Å²) in [7, 11) is -10.9. The molecule has 4 fully saturated rings. The van der Waals surface area contributed by atoms with Gasteiger partial charge in [-0.2, -0.15) is 13.9 Å². The summed E-state index contributed by atoms with van der Waals surface area (Å²) < 4.78 is 73.5. The number of ether oxygens (including phenoxy) is 4. The molecule has 488 valence electrons. The number of nitrogens with one attached hydrogen (secondary N) is 4. The first-order valence-electron chi connectivity index (χ1n) is 25.3. The van der Waals surface area contributed by atoms with Crippen LogP contribution in [-0.4, -0.2) is 212 Å². The van der Waals surface area contributed by atoms with Crippen LogP contribution in [0, 0.1) is 11.8 Å². The van der Waals surface area contributed by atoms with Gasteiger partial charge in [-0.25, -0.2) is 27.9 Å². The van der Waals surface area contributed by atoms with Gasteiger partial charge in [0.15, 0.2) is 24.5 Å². The first kappa shape index (κ1) is 71.9. The van der Waals surface area contributed by atoms with Crippen LogP contribution in [0.4, 0.5) is 4.39 Å². The summed E-state index contributed by atoms with van der Waals surface area (Å²) in [5.41, 5.74) is 1.06. The van der Waals surface area contributed by atoms with Crippen LogP contribution in [0.15, 0.2) is 88.6 Å². The summed E-state index contributed by atoms with van der Waals surface area (Å²) in [6, 6.07) is 5.80. The van der Waals surface area contributed by atoms with Crippen molar-refractivity contribution in [1.29, 1.82) is 0 Å². The number of pyridine rings is 1. The van der Waals surface area contributed by atoms with Gasteiger partial charge in [-0.15, -0.1) is 0 Å². The van der Waals surface area contributed by atoms with Crippen molar-refractivity contribution in [2.75, 3.05) is 19.8 Å². The number of alkyl halides is 1. The molecule has 14 unspecified atom stereocenters. The summed E-state index contributed by atoms with van der Waals surface area (Å²) in [6.45, 7) is -0.587. The molecular weight excluding hydrogens is 1250 g/mol. The highest BCUT2D eigenvalue weighted by atomic mass is 31.3. The zero-order valence-corrected chi connectivity index (χ0v) is 46.7. The molecule has 4 aliphatic heterocycles. The van der Waals surface area contributed by atoms with Gasteiger partial charge in [-0.1, -0.05) is 13.0 Å². The van der Waals surface area contributed by atoms with Gasteiger partial charge in [0.2, 0.25) is 5.56 Å². The van der Waals surface area contributed by atoms with Crippen molar-refractivity contribution < 1.29 is 126 Å². The third-order valence-corrected chi connectivity index (χ3v) is 15.9. The first-order chi connectivity index (χ1) is 41.1. The van der Waals surface area contributed by atoms with Gasteiger partial charge in [-0.3, -0.25) is 66.5 Å². The van der Waals surface area contributed by atoms with Gasteiger partial charge in [0.05, 0.1) is 37.9 Å². The maximum atomic E-state index is 13.3. The molecule has 4 aromatic rings. The number of carboxylic acids is 1. The first-order valence-corrected chi connectivity index (χ1v) is 28.3. The fourth-order valence-corrected chi connectivity index (χ4v) is 10.9. The average Bonchev–Trinajstić information content (AvgIpc) is 3.02. The molecule has 4 aromatic heterocycles. The predicted octanol–water partition coefficient (Wildman–Crippen LogP) is -8.38. The minimum Gasteiger partial charge on any atom is -0.481 e. The predicted molar refractivity (Wildman–Crippen MR) is 277 cm³/mol. The summed E-state index contributed by atoms with van der Waals surface area (Å²) in [5.74, 6) is -4.90. The van der Waals surface area contributed by atoms with Crippen LogP contribution < -0.4 is 45.0 Å². The Bertz CT molecular complexity index is 3610. The van der Waals surface area contributed by atoms with Crippen LogP contribution in [0.5, 0.6) is 0 Å². The normalized spacial score (nSPS) is 30.2. The minimum atomic E-state index is -5.47. The number of carbonyl (C=O) groups excluding carboxylic acids is 3. The highest BCUT2D eigenvalue weighted by Crippen LogP contribution is 2.61. The van der Waals surface area contributed by atoms with Crippen molar-refractivity contribution in [1.82, 2.24) is 33.6 Å². The van der Waals surface area contributed by atoms with Crippen LogP contribution in [0.25, 0.3) is 0 Å². The number of aliphatic hydroxyl groups excluding tert-OH is 9. The molecule has 0 radical (unpaired) electrons. The lowest BCUT2D eigenvalue weighted by Crippen LogP contribution is -2.53. The lowest BCUT2D eigenvalue weighted by Gasteiger charge is -2.35. The molecule has 8 rings (SSSR count). The molecule has 18 N–H and O–H groups in total. The second-order valence-electron chi connectivity index (χ2n) is 19.3. The average molecular weight is 1300 g/mol. The number of aromatic amines is 4. The summed E-state index contributed by atoms with van der Waals surface area (Å²) in [6.07, 6.45) is -22.2. The number of ketones is 1. The summed E-state index contributed by atoms with van der Waals surface area (Å²) >= 11 is 0. The van der Waals surface area contributed by atoms with Crippen molar-refractivity contribution >= 4 is 33.5 Å². The van der Waals surface area contributed by atoms with Crippen LogP contribution in [0.2, 0.25) is 0 Å². The number of carbonyl (C=O) groups is 2. The van der Waals surface area contributed by atoms with Gasteiger partial charge in [0.25, 0.3) is 16.7 Å². The third-order valence-electron chi connectivity index (χ3n) is 13.3. The Kier molecular flexibility index (Phi) is 25.4. The van der Waals surface area contributed by atoms with Gasteiger partial charge in [0.1, 0.15) is 73.4 Å². The number of hydrogen-bond acceptors (Lipinski definition) is 30. The highest BCUT2D eigenvalue weighted by molar-refractivity contribution is 7.61. The fraction of sp³-hybridized carbons (Fsp3) is 0.556. The zero-order valence-electron chi connectivity index (χ0n) is 44.9. The number of Topliss-reactive ketones (excluding diaryl/α,β-unsaturated/α-hetero) is 1. The molecule has 43 heteroatoms. The van der Waals surface area contributed by atoms with E-state index in [0.29, 0.717) is 0 Å². The number of carboxylic acid groups (broad SMARTS) is 1. The molecule has 0 bridgehead atoms. The molecule has 8 heterocycles. The lowest BCUT2D eigenvalue weighted by atomic mass is 9.85. The van der Waals surface area contributed by atoms with Crippen LogP contribution in [0.3, 0.4) is 0 Å². The van der Waals surface area contributed by atoms with Crippen molar-refractivity contribution in [2.24, 2.45) is 17.6 Å². The topological polar surface area (TPSA) is 633 Å². The SMILES string of the molecule is C[C@@H]([C@H](N)C(=O)C[C@H](C(=O)O)C1OC(n2ccc(=O)[nH]c2=O)C(O)C1O)[C@H](O)c1cccc(=O)[nH]1.O=C=O.O=c1ccn(C2CC(F)C(CO)O2)c(=O)[nH]1.O=c1ccn(C2OC(COP(=O)(O)OP(=O)(O)OC3OC[C@H](O)[C@@H](O)[C@@H]3O)C(O)C2O)c(=O)[nH]1. The fourth-order valence-electron chi connectivity index (χ4n) is 8.73. The van der Waals surface area contributed by atoms with Gasteiger partial charge >= 0.3 is 44.8 Å². The number of aliphatic hydroxyl groups is 9. The minimum absolute atomic E-state index is 0.0167. The quantitative estimate of drug-likeness (QED) is 0.0388. The largest absolute Gasteiger partial charge is 0.483 e. The number of nitrogens with zero attached hydrogens (tertiary/aromatic N) is 3. The molecule has 4 saturated heterocycles. The van der Waals surface area contributed by atoms with Gasteiger partial charge in [-0.05, 0) is 6.07 Å². The van der Waals surface area contributed by atoms with Crippen molar-refractivity contribution in [2.45, 2.75) is 124 Å². The van der Waals surface area contributed by atoms with Crippen molar-refractivity contribution in [3.8, 4) is 0 Å². The lowest BCUT2D eigenvalue weighted by molar-refractivity contribution is -0.245. The smallest absolute Gasteiger partial charge is 0.481 e. The number of halogens is 1. The third kappa shape index (κ3) is 18.4. The zero-order chi connectivity index (χ0) is 65.9. The molecule has 0 aliphatic carbocycles. The number of H-pyrrole nitrogens is 4. The number of aromatic nitrogens is 7. The number of nitrogens with two attached hydrogens (primary N) is 1. The highest BCUT2D eigenvalue weighted by Gasteiger charge is 2.51. The Morgan fingerprint density at radius 2 is 1.24 bits per heavy atom. The van der Waals surface area contributed by atoms with E-state index in [2.05, 4.69) is 23.3 Å². The standard InChI is InChI=1S/C21H26N4O10.C14H22N2O16P2.C9H11FN2O4.CO2/c1-8(15(29)10-3-2-4-12(27)23-10)14(22)11(26)7-9(20(32)33)18-16(30)17(31)19(35-18)25-6-5-13(28)24-21(25)34;17-5-3-28-13(11(22)8(5)19)31-34(26,27)32-33(24,25)29-4-6-9(20)10(21)12(30-6)16-2-1-7(18)15-14(16)23;10-5-3-8(16-6(5)4-13)12-2-1-7(14)11-9(12)15;2-1-3/h2-6,8-9,14-19,29-31H,7,22H2,1H3,(H,23,27)(H,32,33)(H,24,28,34);1-2,5-6,8-13,17,19-22H,3-4H2,(H,24,25)(H,26,27)(H,15,18,23);1-2,5-6,8,13H,3-4H2,(H,11,14,15);/t8-,9-,14-,15-,16?,17?,18?,19?;5-,6?,8+,9?,10?,11-,12?,13?;;/m00../s1. The maximum absolute atomic E-state index is 13.3. The Labute approximate surface area is 487 Å². The van der Waals surface area contributed by atoms with Crippen LogP contribution in [-0.2, 0) is 60.6 Å². The van der Waals surface area contributed by atoms with Gasteiger partial charge in [0, 0.05) is 67.3 Å². The molecule has 40 nitrogen and oxygen atoms in total. The van der Waals surface area contributed by atoms with E-state index in [1.54, 1.807) is 0 Å². The number of rotatable bonds is 19. The maximum Gasteiger partial charge on any atom is 0.483 e. The second-order valence-corrected chi connectivity index (χ2v) is 22.3. The molecule has 4 aliphatic rings. The van der Waals surface area contributed by atoms with E-state index in [9.17, 15) is 112 Å². The monoisotopic (exact) mass is 1300 g/mol. The Morgan fingerprint density at radius 1 is 0.727 bits per heavy atom. The molecular formula is C45H59FN8O32P2.